The van der Waals surface area contributed by atoms with Crippen molar-refractivity contribution < 1.29 is 0 Å². The molecule has 2 N–H and O–H groups in total. The van der Waals surface area contributed by atoms with Crippen molar-refractivity contribution in [3.8, 4) is 11.4 Å². The predicted molar refractivity (Wildman–Crippen MR) is 98.7 cm³/mol. The number of hydrogen-bond donors (Lipinski definition) is 2. The molecule has 124 valence electrons. The number of nitrogens with zero attached hydrogens (tertiary/aromatic N) is 3. The van der Waals surface area contributed by atoms with Crippen molar-refractivity contribution in [2.75, 3.05) is 12.4 Å². The van der Waals surface area contributed by atoms with Crippen LogP contribution in [0, 0.1) is 0 Å². The highest BCUT2D eigenvalue weighted by Gasteiger charge is 2.12. The van der Waals surface area contributed by atoms with Gasteiger partial charge in [-0.3, -0.25) is 4.79 Å². The zero-order chi connectivity index (χ0) is 17.2. The fourth-order valence-electron chi connectivity index (χ4n) is 2.82. The Morgan fingerprint density at radius 3 is 2.56 bits per heavy atom. The first-order valence-corrected chi connectivity index (χ1v) is 8.02. The maximum Gasteiger partial charge on any atom is 0.277 e. The zero-order valence-corrected chi connectivity index (χ0v) is 13.7. The Labute approximate surface area is 144 Å². The van der Waals surface area contributed by atoms with Crippen LogP contribution in [-0.2, 0) is 6.54 Å². The SMILES string of the molecule is CNc1ccc(-c2nc3ncn(Cc4ccccc4)c3c(=O)[nH]2)cc1. The topological polar surface area (TPSA) is 75.6 Å². The number of anilines is 1. The Balaban J connectivity index is 1.75. The summed E-state index contributed by atoms with van der Waals surface area (Å²) in [6.07, 6.45) is 1.66. The van der Waals surface area contributed by atoms with E-state index < -0.39 is 0 Å². The minimum Gasteiger partial charge on any atom is -0.388 e. The van der Waals surface area contributed by atoms with E-state index in [2.05, 4.69) is 20.3 Å². The van der Waals surface area contributed by atoms with Crippen molar-refractivity contribution in [2.24, 2.45) is 0 Å². The number of hydrogen-bond acceptors (Lipinski definition) is 4. The summed E-state index contributed by atoms with van der Waals surface area (Å²) in [5.74, 6) is 0.519. The van der Waals surface area contributed by atoms with Gasteiger partial charge in [0.1, 0.15) is 5.82 Å². The van der Waals surface area contributed by atoms with Crippen molar-refractivity contribution in [3.63, 3.8) is 0 Å². The Morgan fingerprint density at radius 2 is 1.84 bits per heavy atom. The molecular weight excluding hydrogens is 314 g/mol. The van der Waals surface area contributed by atoms with Crippen LogP contribution in [0.15, 0.2) is 65.7 Å². The van der Waals surface area contributed by atoms with Crippen LogP contribution in [0.4, 0.5) is 5.69 Å². The molecule has 0 radical (unpaired) electrons. The summed E-state index contributed by atoms with van der Waals surface area (Å²) in [6, 6.07) is 17.7. The molecule has 0 aliphatic rings. The Hall–Kier alpha value is -3.41. The lowest BCUT2D eigenvalue weighted by Gasteiger charge is -2.05. The van der Waals surface area contributed by atoms with E-state index in [-0.39, 0.29) is 5.56 Å². The van der Waals surface area contributed by atoms with Crippen LogP contribution in [0.1, 0.15) is 5.56 Å². The van der Waals surface area contributed by atoms with Crippen LogP contribution in [-0.4, -0.2) is 26.6 Å². The molecule has 0 aliphatic carbocycles. The second kappa shape index (κ2) is 6.24. The predicted octanol–water partition coefficient (Wildman–Crippen LogP) is 2.88. The van der Waals surface area contributed by atoms with E-state index in [4.69, 9.17) is 0 Å². The molecule has 25 heavy (non-hydrogen) atoms. The van der Waals surface area contributed by atoms with E-state index in [1.54, 1.807) is 6.33 Å². The molecule has 0 atom stereocenters. The zero-order valence-electron chi connectivity index (χ0n) is 13.7. The van der Waals surface area contributed by atoms with Crippen molar-refractivity contribution in [1.82, 2.24) is 19.5 Å². The third-order valence-corrected chi connectivity index (χ3v) is 4.13. The highest BCUT2D eigenvalue weighted by molar-refractivity contribution is 5.73. The molecule has 0 unspecified atom stereocenters. The first-order chi connectivity index (χ1) is 12.2. The average molecular weight is 331 g/mol. The molecule has 2 aromatic heterocycles. The quantitative estimate of drug-likeness (QED) is 0.603. The number of nitrogens with one attached hydrogen (secondary N) is 2. The molecule has 4 rings (SSSR count). The van der Waals surface area contributed by atoms with Gasteiger partial charge in [-0.1, -0.05) is 30.3 Å². The molecule has 0 aliphatic heterocycles. The van der Waals surface area contributed by atoms with Gasteiger partial charge in [-0.05, 0) is 29.8 Å². The minimum atomic E-state index is -0.189. The van der Waals surface area contributed by atoms with Crippen LogP contribution in [0.5, 0.6) is 0 Å². The maximum atomic E-state index is 12.6. The lowest BCUT2D eigenvalue weighted by atomic mass is 10.2. The van der Waals surface area contributed by atoms with Gasteiger partial charge in [-0.15, -0.1) is 0 Å². The van der Waals surface area contributed by atoms with Gasteiger partial charge in [0.05, 0.1) is 6.33 Å². The second-order valence-corrected chi connectivity index (χ2v) is 5.77. The van der Waals surface area contributed by atoms with Gasteiger partial charge in [0.2, 0.25) is 0 Å². The maximum absolute atomic E-state index is 12.6. The third kappa shape index (κ3) is 2.89. The van der Waals surface area contributed by atoms with Gasteiger partial charge in [-0.2, -0.15) is 0 Å². The van der Waals surface area contributed by atoms with Crippen LogP contribution in [0.3, 0.4) is 0 Å². The van der Waals surface area contributed by atoms with Gasteiger partial charge in [0, 0.05) is 24.8 Å². The van der Waals surface area contributed by atoms with E-state index in [1.165, 1.54) is 0 Å². The minimum absolute atomic E-state index is 0.189. The van der Waals surface area contributed by atoms with Gasteiger partial charge in [0.15, 0.2) is 11.2 Å². The smallest absolute Gasteiger partial charge is 0.277 e. The van der Waals surface area contributed by atoms with Gasteiger partial charge in [0.25, 0.3) is 5.56 Å². The molecule has 0 saturated carbocycles. The van der Waals surface area contributed by atoms with Gasteiger partial charge >= 0.3 is 0 Å². The molecule has 2 heterocycles. The Kier molecular flexibility index (Phi) is 3.78. The van der Waals surface area contributed by atoms with Crippen LogP contribution in [0.2, 0.25) is 0 Å². The summed E-state index contributed by atoms with van der Waals surface area (Å²) in [7, 11) is 1.86. The number of imidazole rings is 1. The molecule has 0 fully saturated rings. The fraction of sp³-hybridized carbons (Fsp3) is 0.105. The summed E-state index contributed by atoms with van der Waals surface area (Å²) in [5.41, 5.74) is 3.70. The first-order valence-electron chi connectivity index (χ1n) is 8.02. The Bertz CT molecular complexity index is 1060. The average Bonchev–Trinajstić information content (AvgIpc) is 3.06. The molecule has 0 spiro atoms. The van der Waals surface area contributed by atoms with Crippen LogP contribution >= 0.6 is 0 Å². The largest absolute Gasteiger partial charge is 0.388 e. The number of H-pyrrole nitrogens is 1. The fourth-order valence-corrected chi connectivity index (χ4v) is 2.82. The van der Waals surface area contributed by atoms with Crippen molar-refractivity contribution >= 4 is 16.9 Å². The standard InChI is InChI=1S/C19H17N5O/c1-20-15-9-7-14(8-10-15)17-22-18-16(19(25)23-17)24(12-21-18)11-13-5-3-2-4-6-13/h2-10,12,20H,11H2,1H3,(H,22,23,25). The summed E-state index contributed by atoms with van der Waals surface area (Å²) in [5, 5.41) is 3.07. The van der Waals surface area contributed by atoms with Crippen molar-refractivity contribution in [2.45, 2.75) is 6.54 Å². The molecule has 0 bridgehead atoms. The molecule has 6 heteroatoms. The second-order valence-electron chi connectivity index (χ2n) is 5.77. The number of rotatable bonds is 4. The molecule has 2 aromatic carbocycles. The number of aromatic amines is 1. The van der Waals surface area contributed by atoms with E-state index >= 15 is 0 Å². The highest BCUT2D eigenvalue weighted by atomic mass is 16.1. The van der Waals surface area contributed by atoms with Crippen molar-refractivity contribution in [3.05, 3.63) is 76.8 Å². The van der Waals surface area contributed by atoms with Crippen LogP contribution in [0.25, 0.3) is 22.6 Å². The summed E-state index contributed by atoms with van der Waals surface area (Å²) in [4.78, 5) is 24.3. The number of benzene rings is 2. The van der Waals surface area contributed by atoms with Crippen molar-refractivity contribution in [1.29, 1.82) is 0 Å². The van der Waals surface area contributed by atoms with E-state index in [0.29, 0.717) is 23.5 Å². The van der Waals surface area contributed by atoms with E-state index in [9.17, 15) is 4.79 Å². The summed E-state index contributed by atoms with van der Waals surface area (Å²) < 4.78 is 1.82. The number of fused-ring (bicyclic) bond motifs is 1. The third-order valence-electron chi connectivity index (χ3n) is 4.13. The summed E-state index contributed by atoms with van der Waals surface area (Å²) >= 11 is 0. The molecule has 4 aromatic rings. The number of aromatic nitrogens is 4. The van der Waals surface area contributed by atoms with Gasteiger partial charge in [-0.25, -0.2) is 9.97 Å². The lowest BCUT2D eigenvalue weighted by molar-refractivity contribution is 0.819. The summed E-state index contributed by atoms with van der Waals surface area (Å²) in [6.45, 7) is 0.582. The molecule has 0 amide bonds. The van der Waals surface area contributed by atoms with E-state index in [1.807, 2.05) is 66.2 Å². The van der Waals surface area contributed by atoms with Crippen LogP contribution < -0.4 is 10.9 Å². The first kappa shape index (κ1) is 15.1. The highest BCUT2D eigenvalue weighted by Crippen LogP contribution is 2.18. The monoisotopic (exact) mass is 331 g/mol. The Morgan fingerprint density at radius 1 is 1.08 bits per heavy atom. The van der Waals surface area contributed by atoms with Gasteiger partial charge < -0.3 is 14.9 Å². The lowest BCUT2D eigenvalue weighted by Crippen LogP contribution is -2.13. The van der Waals surface area contributed by atoms with E-state index in [0.717, 1.165) is 16.8 Å². The molecule has 0 saturated heterocycles. The normalized spacial score (nSPS) is 10.9. The molecular formula is C19H17N5O. The molecule has 6 nitrogen and oxygen atoms in total.